The van der Waals surface area contributed by atoms with E-state index in [1.165, 1.54) is 0 Å². The van der Waals surface area contributed by atoms with Gasteiger partial charge in [0.25, 0.3) is 0 Å². The molecule has 6 nitrogen and oxygen atoms in total. The van der Waals surface area contributed by atoms with E-state index in [4.69, 9.17) is 9.47 Å². The normalized spacial score (nSPS) is 23.2. The van der Waals surface area contributed by atoms with Crippen molar-refractivity contribution >= 4 is 5.91 Å². The molecule has 1 amide bonds. The van der Waals surface area contributed by atoms with Crippen molar-refractivity contribution in [3.8, 4) is 5.88 Å². The zero-order valence-electron chi connectivity index (χ0n) is 12.6. The molecule has 1 atom stereocenters. The lowest BCUT2D eigenvalue weighted by Crippen LogP contribution is -2.67. The number of carbonyl (C=O) groups excluding carboxylic acids is 1. The average Bonchev–Trinajstić information content (AvgIpc) is 2.45. The number of hydrogen-bond acceptors (Lipinski definition) is 5. The minimum Gasteiger partial charge on any atom is -0.473 e. The molecule has 1 aromatic rings. The molecule has 7 heteroatoms. The molecule has 0 saturated carbocycles. The number of hydrogen-bond donors (Lipinski definition) is 0. The van der Waals surface area contributed by atoms with Crippen molar-refractivity contribution in [2.24, 2.45) is 0 Å². The van der Waals surface area contributed by atoms with Crippen molar-refractivity contribution < 1.29 is 18.7 Å². The van der Waals surface area contributed by atoms with E-state index >= 15 is 0 Å². The van der Waals surface area contributed by atoms with Gasteiger partial charge < -0.3 is 14.4 Å². The van der Waals surface area contributed by atoms with Crippen LogP contribution in [0.25, 0.3) is 0 Å². The third kappa shape index (κ3) is 3.19. The van der Waals surface area contributed by atoms with Crippen LogP contribution < -0.4 is 4.74 Å². The van der Waals surface area contributed by atoms with E-state index in [1.807, 2.05) is 6.92 Å². The molecular weight excluding hydrogens is 289 g/mol. The average molecular weight is 309 g/mol. The first-order chi connectivity index (χ1) is 10.6. The van der Waals surface area contributed by atoms with E-state index in [2.05, 4.69) is 9.97 Å². The number of rotatable bonds is 4. The van der Waals surface area contributed by atoms with Gasteiger partial charge in [0, 0.05) is 19.0 Å². The minimum atomic E-state index is -0.610. The van der Waals surface area contributed by atoms with Crippen LogP contribution in [0.1, 0.15) is 25.0 Å². The lowest BCUT2D eigenvalue weighted by atomic mass is 9.84. The van der Waals surface area contributed by atoms with Crippen LogP contribution in [0.4, 0.5) is 4.39 Å². The molecule has 2 aliphatic heterocycles. The Bertz CT molecular complexity index is 549. The van der Waals surface area contributed by atoms with Crippen LogP contribution in [0.15, 0.2) is 12.4 Å². The van der Waals surface area contributed by atoms with Crippen LogP contribution in [-0.2, 0) is 9.53 Å². The Morgan fingerprint density at radius 1 is 1.55 bits per heavy atom. The van der Waals surface area contributed by atoms with Gasteiger partial charge in [0.05, 0.1) is 44.7 Å². The van der Waals surface area contributed by atoms with Crippen molar-refractivity contribution in [1.29, 1.82) is 0 Å². The van der Waals surface area contributed by atoms with Crippen LogP contribution in [0.5, 0.6) is 5.88 Å². The first kappa shape index (κ1) is 15.1. The Kier molecular flexibility index (Phi) is 4.24. The van der Waals surface area contributed by atoms with E-state index in [0.717, 1.165) is 12.1 Å². The highest BCUT2D eigenvalue weighted by atomic mass is 19.1. The smallest absolute Gasteiger partial charge is 0.232 e. The minimum absolute atomic E-state index is 0.00303. The maximum absolute atomic E-state index is 12.2. The highest BCUT2D eigenvalue weighted by Gasteiger charge is 2.49. The third-order valence-electron chi connectivity index (χ3n) is 4.09. The highest BCUT2D eigenvalue weighted by molar-refractivity contribution is 5.77. The molecule has 120 valence electrons. The van der Waals surface area contributed by atoms with Crippen LogP contribution >= 0.6 is 0 Å². The predicted octanol–water partition coefficient (Wildman–Crippen LogP) is 1.28. The van der Waals surface area contributed by atoms with Crippen molar-refractivity contribution in [2.45, 2.75) is 37.9 Å². The summed E-state index contributed by atoms with van der Waals surface area (Å²) in [6, 6.07) is 0. The van der Waals surface area contributed by atoms with Gasteiger partial charge in [-0.05, 0) is 6.92 Å². The number of amides is 1. The number of halogens is 1. The van der Waals surface area contributed by atoms with Crippen molar-refractivity contribution in [2.75, 3.05) is 26.4 Å². The summed E-state index contributed by atoms with van der Waals surface area (Å²) in [6.07, 6.45) is 4.74. The first-order valence-electron chi connectivity index (χ1n) is 7.53. The summed E-state index contributed by atoms with van der Waals surface area (Å²) in [7, 11) is 0. The monoisotopic (exact) mass is 309 g/mol. The Balaban J connectivity index is 1.56. The van der Waals surface area contributed by atoms with Crippen LogP contribution in [0, 0.1) is 6.92 Å². The summed E-state index contributed by atoms with van der Waals surface area (Å²) < 4.78 is 24.0. The van der Waals surface area contributed by atoms with Gasteiger partial charge in [0.1, 0.15) is 11.7 Å². The zero-order chi connectivity index (χ0) is 15.6. The third-order valence-corrected chi connectivity index (χ3v) is 4.09. The summed E-state index contributed by atoms with van der Waals surface area (Å²) in [4.78, 5) is 21.7. The molecule has 2 fully saturated rings. The van der Waals surface area contributed by atoms with Gasteiger partial charge in [-0.1, -0.05) is 0 Å². The summed E-state index contributed by atoms with van der Waals surface area (Å²) in [6.45, 7) is 2.89. The van der Waals surface area contributed by atoms with Gasteiger partial charge >= 0.3 is 0 Å². The Hall–Kier alpha value is -1.76. The molecule has 0 N–H and O–H groups in total. The molecule has 3 rings (SSSR count). The first-order valence-corrected chi connectivity index (χ1v) is 7.53. The highest BCUT2D eigenvalue weighted by Crippen LogP contribution is 2.35. The summed E-state index contributed by atoms with van der Waals surface area (Å²) in [5.41, 5.74) is 0.470. The molecule has 0 radical (unpaired) electrons. The van der Waals surface area contributed by atoms with E-state index < -0.39 is 6.67 Å². The Morgan fingerprint density at radius 2 is 2.36 bits per heavy atom. The van der Waals surface area contributed by atoms with E-state index in [-0.39, 0.29) is 24.0 Å². The molecular formula is C15H20FN3O3. The van der Waals surface area contributed by atoms with Gasteiger partial charge in [-0.2, -0.15) is 0 Å². The lowest BCUT2D eigenvalue weighted by Gasteiger charge is -2.52. The van der Waals surface area contributed by atoms with Crippen molar-refractivity contribution in [3.63, 3.8) is 0 Å². The zero-order valence-corrected chi connectivity index (χ0v) is 12.6. The van der Waals surface area contributed by atoms with Gasteiger partial charge in [-0.25, -0.2) is 4.98 Å². The summed E-state index contributed by atoms with van der Waals surface area (Å²) >= 11 is 0. The molecule has 0 unspecified atom stereocenters. The fourth-order valence-corrected chi connectivity index (χ4v) is 3.04. The maximum Gasteiger partial charge on any atom is 0.232 e. The molecule has 0 bridgehead atoms. The quantitative estimate of drug-likeness (QED) is 0.838. The number of nitrogens with zero attached hydrogens (tertiary/aromatic N) is 3. The largest absolute Gasteiger partial charge is 0.473 e. The fourth-order valence-electron chi connectivity index (χ4n) is 3.04. The van der Waals surface area contributed by atoms with Crippen molar-refractivity contribution in [1.82, 2.24) is 14.9 Å². The van der Waals surface area contributed by atoms with E-state index in [0.29, 0.717) is 32.0 Å². The van der Waals surface area contributed by atoms with E-state index in [1.54, 1.807) is 17.3 Å². The number of likely N-dealkylation sites (tertiary alicyclic amines) is 1. The molecule has 2 saturated heterocycles. The lowest BCUT2D eigenvalue weighted by molar-refractivity contribution is -0.193. The molecule has 0 aromatic carbocycles. The number of aryl methyl sites for hydroxylation is 1. The van der Waals surface area contributed by atoms with Gasteiger partial charge in [0.15, 0.2) is 0 Å². The predicted molar refractivity (Wildman–Crippen MR) is 76.3 cm³/mol. The van der Waals surface area contributed by atoms with Crippen LogP contribution in [0.3, 0.4) is 0 Å². The number of aromatic nitrogens is 2. The molecule has 2 aliphatic rings. The SMILES string of the molecule is Cc1cncc(O[C@H]2CCOC3(C2)CN(C(=O)CCF)C3)n1. The molecule has 22 heavy (non-hydrogen) atoms. The topological polar surface area (TPSA) is 64.6 Å². The second-order valence-electron chi connectivity index (χ2n) is 5.95. The Labute approximate surface area is 128 Å². The van der Waals surface area contributed by atoms with Gasteiger partial charge in [0.2, 0.25) is 11.8 Å². The van der Waals surface area contributed by atoms with Crippen LogP contribution in [0.2, 0.25) is 0 Å². The van der Waals surface area contributed by atoms with Crippen molar-refractivity contribution in [3.05, 3.63) is 18.1 Å². The number of carbonyl (C=O) groups is 1. The molecule has 3 heterocycles. The van der Waals surface area contributed by atoms with E-state index in [9.17, 15) is 9.18 Å². The summed E-state index contributed by atoms with van der Waals surface area (Å²) in [5.74, 6) is 0.371. The molecule has 0 aliphatic carbocycles. The Morgan fingerprint density at radius 3 is 3.09 bits per heavy atom. The van der Waals surface area contributed by atoms with Gasteiger partial charge in [-0.15, -0.1) is 0 Å². The molecule has 1 aromatic heterocycles. The van der Waals surface area contributed by atoms with Gasteiger partial charge in [-0.3, -0.25) is 14.2 Å². The number of ether oxygens (including phenoxy) is 2. The second kappa shape index (κ2) is 6.16. The second-order valence-corrected chi connectivity index (χ2v) is 5.95. The fraction of sp³-hybridized carbons (Fsp3) is 0.667. The maximum atomic E-state index is 12.2. The summed E-state index contributed by atoms with van der Waals surface area (Å²) in [5, 5.41) is 0. The molecule has 1 spiro atoms. The standard InChI is InChI=1S/C15H20FN3O3/c1-11-7-17-8-13(18-11)22-12-3-5-21-15(6-12)9-19(10-15)14(20)2-4-16/h7-8,12H,2-6,9-10H2,1H3/t12-/m0/s1. The number of alkyl halides is 1. The van der Waals surface area contributed by atoms with Crippen LogP contribution in [-0.4, -0.2) is 58.9 Å².